The molecule has 3 heterocycles. The van der Waals surface area contributed by atoms with Gasteiger partial charge in [0.1, 0.15) is 0 Å². The first-order valence-electron chi connectivity index (χ1n) is 10.9. The minimum absolute atomic E-state index is 0.0223. The molecule has 1 amide bonds. The van der Waals surface area contributed by atoms with Crippen molar-refractivity contribution in [3.63, 3.8) is 0 Å². The highest BCUT2D eigenvalue weighted by Gasteiger charge is 2.19. The highest BCUT2D eigenvalue weighted by molar-refractivity contribution is 5.94. The Bertz CT molecular complexity index is 956. The van der Waals surface area contributed by atoms with E-state index in [9.17, 15) is 4.79 Å². The van der Waals surface area contributed by atoms with Gasteiger partial charge in [0.05, 0.1) is 11.4 Å². The summed E-state index contributed by atoms with van der Waals surface area (Å²) in [5, 5.41) is 3.11. The van der Waals surface area contributed by atoms with Gasteiger partial charge in [-0.3, -0.25) is 19.7 Å². The van der Waals surface area contributed by atoms with Gasteiger partial charge >= 0.3 is 0 Å². The number of piperazine rings is 1. The van der Waals surface area contributed by atoms with Gasteiger partial charge in [-0.25, -0.2) is 0 Å². The van der Waals surface area contributed by atoms with Crippen molar-refractivity contribution >= 4 is 17.3 Å². The van der Waals surface area contributed by atoms with Crippen LogP contribution in [0.4, 0.5) is 11.4 Å². The van der Waals surface area contributed by atoms with Crippen molar-refractivity contribution in [2.24, 2.45) is 0 Å². The van der Waals surface area contributed by atoms with E-state index in [1.165, 1.54) is 5.56 Å². The van der Waals surface area contributed by atoms with E-state index in [1.54, 1.807) is 6.20 Å². The number of amides is 1. The van der Waals surface area contributed by atoms with Crippen LogP contribution < -0.4 is 10.2 Å². The molecule has 1 N–H and O–H groups in total. The molecule has 0 saturated carbocycles. The first kappa shape index (κ1) is 21.0. The fourth-order valence-electron chi connectivity index (χ4n) is 3.90. The van der Waals surface area contributed by atoms with E-state index < -0.39 is 0 Å². The molecule has 0 radical (unpaired) electrons. The number of benzene rings is 1. The second kappa shape index (κ2) is 10.7. The molecule has 3 aromatic rings. The summed E-state index contributed by atoms with van der Waals surface area (Å²) in [4.78, 5) is 25.8. The second-order valence-electron chi connectivity index (χ2n) is 7.82. The van der Waals surface area contributed by atoms with Crippen molar-refractivity contribution in [2.75, 3.05) is 42.9 Å². The quantitative estimate of drug-likeness (QED) is 0.611. The minimum atomic E-state index is 0.0223. The number of para-hydroxylation sites is 2. The molecule has 0 atom stereocenters. The summed E-state index contributed by atoms with van der Waals surface area (Å²) in [6, 6.07) is 18.1. The molecule has 6 heteroatoms. The van der Waals surface area contributed by atoms with E-state index >= 15 is 0 Å². The highest BCUT2D eigenvalue weighted by Crippen LogP contribution is 2.27. The van der Waals surface area contributed by atoms with Crippen LogP contribution in [0.5, 0.6) is 0 Å². The summed E-state index contributed by atoms with van der Waals surface area (Å²) in [6.07, 6.45) is 7.59. The topological polar surface area (TPSA) is 61.4 Å². The van der Waals surface area contributed by atoms with Crippen molar-refractivity contribution in [3.8, 4) is 0 Å². The van der Waals surface area contributed by atoms with E-state index in [2.05, 4.69) is 43.3 Å². The van der Waals surface area contributed by atoms with Gasteiger partial charge in [-0.2, -0.15) is 0 Å². The summed E-state index contributed by atoms with van der Waals surface area (Å²) < 4.78 is 0. The standard InChI is InChI=1S/C25H29N5O/c31-25(9-8-22-5-3-4-13-27-22)28-23-6-1-2-7-24(23)30-19-17-29(18-20-30)16-12-21-10-14-26-15-11-21/h1-7,10-11,13-15H,8-9,12,16-20H2,(H,28,31). The Balaban J connectivity index is 1.28. The summed E-state index contributed by atoms with van der Waals surface area (Å²) in [6.45, 7) is 5.01. The molecule has 0 spiro atoms. The Kier molecular flexibility index (Phi) is 7.24. The predicted octanol–water partition coefficient (Wildman–Crippen LogP) is 3.41. The molecule has 0 unspecified atom stereocenters. The summed E-state index contributed by atoms with van der Waals surface area (Å²) in [7, 11) is 0. The third kappa shape index (κ3) is 6.12. The first-order valence-corrected chi connectivity index (χ1v) is 10.9. The van der Waals surface area contributed by atoms with Crippen LogP contribution in [0.15, 0.2) is 73.2 Å². The molecule has 0 bridgehead atoms. The normalized spacial score (nSPS) is 14.4. The number of anilines is 2. The number of carbonyl (C=O) groups is 1. The monoisotopic (exact) mass is 415 g/mol. The molecular weight excluding hydrogens is 386 g/mol. The fraction of sp³-hybridized carbons (Fsp3) is 0.320. The number of hydrogen-bond donors (Lipinski definition) is 1. The smallest absolute Gasteiger partial charge is 0.224 e. The molecule has 1 aromatic carbocycles. The van der Waals surface area contributed by atoms with Crippen molar-refractivity contribution in [3.05, 3.63) is 84.4 Å². The summed E-state index contributed by atoms with van der Waals surface area (Å²) in [5.41, 5.74) is 4.26. The predicted molar refractivity (Wildman–Crippen MR) is 124 cm³/mol. The molecule has 160 valence electrons. The van der Waals surface area contributed by atoms with Gasteiger partial charge in [0.15, 0.2) is 0 Å². The van der Waals surface area contributed by atoms with Crippen molar-refractivity contribution in [2.45, 2.75) is 19.3 Å². The molecule has 0 aliphatic carbocycles. The molecule has 1 aliphatic rings. The molecular formula is C25H29N5O. The van der Waals surface area contributed by atoms with Crippen LogP contribution in [0.1, 0.15) is 17.7 Å². The Morgan fingerprint density at radius 1 is 0.871 bits per heavy atom. The van der Waals surface area contributed by atoms with Gasteiger partial charge in [0.2, 0.25) is 5.91 Å². The third-order valence-corrected chi connectivity index (χ3v) is 5.69. The number of aryl methyl sites for hydroxylation is 1. The number of nitrogens with zero attached hydrogens (tertiary/aromatic N) is 4. The highest BCUT2D eigenvalue weighted by atomic mass is 16.1. The zero-order valence-corrected chi connectivity index (χ0v) is 17.8. The van der Waals surface area contributed by atoms with E-state index in [0.717, 1.165) is 56.2 Å². The lowest BCUT2D eigenvalue weighted by Crippen LogP contribution is -2.47. The molecule has 6 nitrogen and oxygen atoms in total. The molecule has 2 aromatic heterocycles. The maximum Gasteiger partial charge on any atom is 0.224 e. The Hall–Kier alpha value is -3.25. The molecule has 31 heavy (non-hydrogen) atoms. The zero-order chi connectivity index (χ0) is 21.3. The molecule has 1 fully saturated rings. The lowest BCUT2D eigenvalue weighted by atomic mass is 10.1. The van der Waals surface area contributed by atoms with Gasteiger partial charge in [-0.05, 0) is 54.8 Å². The number of rotatable bonds is 8. The Morgan fingerprint density at radius 3 is 2.42 bits per heavy atom. The van der Waals surface area contributed by atoms with E-state index in [1.807, 2.05) is 48.8 Å². The number of pyridine rings is 2. The van der Waals surface area contributed by atoms with Crippen molar-refractivity contribution in [1.29, 1.82) is 0 Å². The van der Waals surface area contributed by atoms with Crippen LogP contribution in [0.25, 0.3) is 0 Å². The van der Waals surface area contributed by atoms with Crippen LogP contribution in [0.2, 0.25) is 0 Å². The maximum atomic E-state index is 12.5. The second-order valence-corrected chi connectivity index (χ2v) is 7.82. The van der Waals surface area contributed by atoms with Gasteiger partial charge < -0.3 is 10.2 Å². The van der Waals surface area contributed by atoms with Gasteiger partial charge in [0.25, 0.3) is 0 Å². The van der Waals surface area contributed by atoms with Gasteiger partial charge in [-0.15, -0.1) is 0 Å². The lowest BCUT2D eigenvalue weighted by Gasteiger charge is -2.37. The third-order valence-electron chi connectivity index (χ3n) is 5.69. The largest absolute Gasteiger partial charge is 0.367 e. The summed E-state index contributed by atoms with van der Waals surface area (Å²) >= 11 is 0. The van der Waals surface area contributed by atoms with Gasteiger partial charge in [0, 0.05) is 63.4 Å². The first-order chi connectivity index (χ1) is 15.3. The zero-order valence-electron chi connectivity index (χ0n) is 17.8. The van der Waals surface area contributed by atoms with E-state index in [-0.39, 0.29) is 5.91 Å². The van der Waals surface area contributed by atoms with Crippen LogP contribution >= 0.6 is 0 Å². The number of carbonyl (C=O) groups excluding carboxylic acids is 1. The lowest BCUT2D eigenvalue weighted by molar-refractivity contribution is -0.116. The molecule has 1 saturated heterocycles. The molecule has 1 aliphatic heterocycles. The van der Waals surface area contributed by atoms with Crippen LogP contribution in [0, 0.1) is 0 Å². The van der Waals surface area contributed by atoms with Crippen molar-refractivity contribution in [1.82, 2.24) is 14.9 Å². The Labute approximate surface area is 183 Å². The van der Waals surface area contributed by atoms with Crippen molar-refractivity contribution < 1.29 is 4.79 Å². The minimum Gasteiger partial charge on any atom is -0.367 e. The average Bonchev–Trinajstić information content (AvgIpc) is 2.83. The van der Waals surface area contributed by atoms with Crippen LogP contribution in [-0.4, -0.2) is 53.5 Å². The van der Waals surface area contributed by atoms with Crippen LogP contribution in [0.3, 0.4) is 0 Å². The average molecular weight is 416 g/mol. The number of nitrogens with one attached hydrogen (secondary N) is 1. The van der Waals surface area contributed by atoms with Gasteiger partial charge in [-0.1, -0.05) is 18.2 Å². The number of hydrogen-bond acceptors (Lipinski definition) is 5. The molecule has 4 rings (SSSR count). The van der Waals surface area contributed by atoms with E-state index in [0.29, 0.717) is 12.8 Å². The fourth-order valence-corrected chi connectivity index (χ4v) is 3.90. The van der Waals surface area contributed by atoms with Crippen LogP contribution in [-0.2, 0) is 17.6 Å². The SMILES string of the molecule is O=C(CCc1ccccn1)Nc1ccccc1N1CCN(CCc2ccncc2)CC1. The Morgan fingerprint density at radius 2 is 1.65 bits per heavy atom. The van der Waals surface area contributed by atoms with E-state index in [4.69, 9.17) is 0 Å². The summed E-state index contributed by atoms with van der Waals surface area (Å²) in [5.74, 6) is 0.0223. The number of aromatic nitrogens is 2. The maximum absolute atomic E-state index is 12.5.